The van der Waals surface area contributed by atoms with Crippen LogP contribution in [0.3, 0.4) is 0 Å². The zero-order valence-corrected chi connectivity index (χ0v) is 37.0. The molecule has 21 nitrogen and oxygen atoms in total. The second-order valence-electron chi connectivity index (χ2n) is 15.1. The number of nitrogens with one attached hydrogen (secondary N) is 7. The fraction of sp³-hybridized carbons (Fsp3) is 0.381. The summed E-state index contributed by atoms with van der Waals surface area (Å²) in [6, 6.07) is 6.51. The molecule has 0 radical (unpaired) electrons. The zero-order valence-electron chi connectivity index (χ0n) is 35.4. The molecule has 0 spiro atoms. The molecule has 0 aliphatic carbocycles. The van der Waals surface area contributed by atoms with Gasteiger partial charge in [-0.25, -0.2) is 14.4 Å². The van der Waals surface area contributed by atoms with Gasteiger partial charge in [0.1, 0.15) is 47.7 Å². The largest absolute Gasteiger partial charge is 0.508 e. The quantitative estimate of drug-likeness (QED) is 0.0537. The molecule has 1 fully saturated rings. The van der Waals surface area contributed by atoms with Crippen LogP contribution in [0.1, 0.15) is 37.1 Å². The van der Waals surface area contributed by atoms with Crippen LogP contribution in [0, 0.1) is 0 Å². The molecule has 5 rings (SSSR count). The van der Waals surface area contributed by atoms with Gasteiger partial charge in [0.2, 0.25) is 29.9 Å². The van der Waals surface area contributed by atoms with Gasteiger partial charge in [0.25, 0.3) is 5.56 Å². The number of aliphatic hydroxyl groups is 1. The number of aliphatic carboxylic acids is 1. The normalized spacial score (nSPS) is 17.5. The van der Waals surface area contributed by atoms with Crippen LogP contribution in [0.4, 0.5) is 4.79 Å². The number of carboxylic acids is 1. The minimum absolute atomic E-state index is 0.00267. The van der Waals surface area contributed by atoms with E-state index in [1.54, 1.807) is 36.7 Å². The molecule has 6 amide bonds. The van der Waals surface area contributed by atoms with Crippen molar-refractivity contribution in [3.63, 3.8) is 0 Å². The number of H-pyrrole nitrogens is 2. The molecular weight excluding hydrogens is 890 g/mol. The number of likely N-dealkylation sites (N-methyl/N-ethyl adjacent to an activating group) is 1. The van der Waals surface area contributed by atoms with Gasteiger partial charge in [-0.15, -0.1) is 11.6 Å². The van der Waals surface area contributed by atoms with Gasteiger partial charge in [-0.3, -0.25) is 33.5 Å². The molecular formula is C42H50ClN9O12S. The van der Waals surface area contributed by atoms with Crippen LogP contribution in [0.2, 0.25) is 0 Å². The Bertz CT molecular complexity index is 2530. The highest BCUT2D eigenvalue weighted by atomic mass is 35.5. The molecule has 65 heavy (non-hydrogen) atoms. The summed E-state index contributed by atoms with van der Waals surface area (Å²) in [6.07, 6.45) is 2.72. The van der Waals surface area contributed by atoms with Gasteiger partial charge in [-0.1, -0.05) is 30.3 Å². The standard InChI is InChI=1S/C42H50ClN9O12S/c1-22(51(2)38(59)30(46-34(56)19-43)16-23-7-6-8-25(53)15-23)35(37(58)45-21-26-18-32(54)39(64-26)52-13-11-33(55)49-42(52)63)50-36(57)29(12-14-65-3)47-41(62)48-31(40(60)61)17-24-20-44-28-10-5-4-9-27(24)28/h4-11,13,15,20-22,29-32,35,39,44,53-54H,12,14,16-19H2,1-3H3,(H,45,58)(H,46,56)(H,50,57)(H,60,61)(H2,47,48,62)(H,49,55,63)/b26-21+/t22?,29?,30?,31?,32-,35?,39-/m1/s1. The third kappa shape index (κ3) is 13.1. The van der Waals surface area contributed by atoms with Crippen molar-refractivity contribution in [1.82, 2.24) is 46.0 Å². The highest BCUT2D eigenvalue weighted by Crippen LogP contribution is 2.30. The van der Waals surface area contributed by atoms with E-state index in [9.17, 15) is 53.7 Å². The summed E-state index contributed by atoms with van der Waals surface area (Å²) in [7, 11) is 1.33. The Morgan fingerprint density at radius 2 is 1.72 bits per heavy atom. The molecule has 5 unspecified atom stereocenters. The number of aromatic amines is 2. The van der Waals surface area contributed by atoms with E-state index >= 15 is 0 Å². The van der Waals surface area contributed by atoms with E-state index in [2.05, 4.69) is 36.6 Å². The minimum atomic E-state index is -1.60. The summed E-state index contributed by atoms with van der Waals surface area (Å²) in [5.74, 6) is -4.75. The number of hydrogen-bond donors (Lipinski definition) is 10. The lowest BCUT2D eigenvalue weighted by molar-refractivity contribution is -0.140. The van der Waals surface area contributed by atoms with Gasteiger partial charge in [0.05, 0.1) is 6.04 Å². The topological polar surface area (TPSA) is 306 Å². The molecule has 23 heteroatoms. The first kappa shape index (κ1) is 49.2. The molecule has 0 bridgehead atoms. The lowest BCUT2D eigenvalue weighted by atomic mass is 10.0. The number of ether oxygens (including phenoxy) is 1. The maximum Gasteiger partial charge on any atom is 0.331 e. The van der Waals surface area contributed by atoms with Gasteiger partial charge >= 0.3 is 17.7 Å². The molecule has 2 aromatic carbocycles. The van der Waals surface area contributed by atoms with Gasteiger partial charge in [-0.05, 0) is 54.7 Å². The fourth-order valence-corrected chi connectivity index (χ4v) is 7.61. The average molecular weight is 940 g/mol. The van der Waals surface area contributed by atoms with Crippen molar-refractivity contribution in [2.24, 2.45) is 0 Å². The minimum Gasteiger partial charge on any atom is -0.508 e. The lowest BCUT2D eigenvalue weighted by Gasteiger charge is -2.34. The lowest BCUT2D eigenvalue weighted by Crippen LogP contribution is -2.62. The number of aromatic nitrogens is 3. The Balaban J connectivity index is 1.39. The zero-order chi connectivity index (χ0) is 47.4. The van der Waals surface area contributed by atoms with Gasteiger partial charge < -0.3 is 56.5 Å². The van der Waals surface area contributed by atoms with Gasteiger partial charge in [0.15, 0.2) is 0 Å². The molecule has 1 aliphatic heterocycles. The summed E-state index contributed by atoms with van der Waals surface area (Å²) < 4.78 is 6.68. The molecule has 7 atom stereocenters. The average Bonchev–Trinajstić information content (AvgIpc) is 3.86. The summed E-state index contributed by atoms with van der Waals surface area (Å²) in [5, 5.41) is 44.2. The highest BCUT2D eigenvalue weighted by Gasteiger charge is 2.38. The van der Waals surface area contributed by atoms with E-state index in [-0.39, 0.29) is 37.2 Å². The van der Waals surface area contributed by atoms with Crippen molar-refractivity contribution in [2.45, 2.75) is 75.1 Å². The molecule has 10 N–H and O–H groups in total. The van der Waals surface area contributed by atoms with Crippen LogP contribution < -0.4 is 37.8 Å². The van der Waals surface area contributed by atoms with E-state index in [4.69, 9.17) is 16.3 Å². The number of carbonyl (C=O) groups excluding carboxylic acids is 5. The number of fused-ring (bicyclic) bond motifs is 1. The first-order valence-electron chi connectivity index (χ1n) is 20.2. The summed E-state index contributed by atoms with van der Waals surface area (Å²) >= 11 is 7.12. The third-order valence-corrected chi connectivity index (χ3v) is 11.5. The first-order chi connectivity index (χ1) is 31.0. The number of benzene rings is 2. The Morgan fingerprint density at radius 1 is 0.985 bits per heavy atom. The Kier molecular flexibility index (Phi) is 17.2. The van der Waals surface area contributed by atoms with Crippen molar-refractivity contribution < 1.29 is 48.8 Å². The Hall–Kier alpha value is -6.78. The SMILES string of the molecule is CSCCC(NC(=O)NC(Cc1c[nH]c2ccccc12)C(=O)O)C(=O)NC(C(=O)N/C=C1\C[C@@H](O)[C@H](n2ccc(=O)[nH]c2=O)O1)C(C)N(C)C(=O)C(Cc1cccc(O)c1)NC(=O)CCl. The number of carbonyl (C=O) groups is 6. The predicted octanol–water partition coefficient (Wildman–Crippen LogP) is 0.376. The number of para-hydroxylation sites is 1. The predicted molar refractivity (Wildman–Crippen MR) is 239 cm³/mol. The van der Waals surface area contributed by atoms with Crippen molar-refractivity contribution in [1.29, 1.82) is 0 Å². The Morgan fingerprint density at radius 3 is 2.42 bits per heavy atom. The molecule has 2 aromatic heterocycles. The van der Waals surface area contributed by atoms with Crippen LogP contribution in [-0.2, 0) is 41.6 Å². The maximum absolute atomic E-state index is 14.2. The van der Waals surface area contributed by atoms with E-state index < -0.39 is 95.3 Å². The summed E-state index contributed by atoms with van der Waals surface area (Å²) in [4.78, 5) is 111. The number of halogens is 1. The van der Waals surface area contributed by atoms with Crippen molar-refractivity contribution in [2.75, 3.05) is 24.9 Å². The van der Waals surface area contributed by atoms with E-state index in [0.717, 1.165) is 38.8 Å². The summed E-state index contributed by atoms with van der Waals surface area (Å²) in [5.41, 5.74) is 0.352. The Labute approximate surface area is 380 Å². The number of nitrogens with zero attached hydrogens (tertiary/aromatic N) is 2. The number of aromatic hydroxyl groups is 1. The van der Waals surface area contributed by atoms with Crippen LogP contribution >= 0.6 is 23.4 Å². The molecule has 348 valence electrons. The van der Waals surface area contributed by atoms with Crippen LogP contribution in [0.15, 0.2) is 88.5 Å². The van der Waals surface area contributed by atoms with Crippen molar-refractivity contribution in [3.05, 3.63) is 111 Å². The van der Waals surface area contributed by atoms with Crippen LogP contribution in [0.25, 0.3) is 10.9 Å². The number of carboxylic acid groups (broad SMARTS) is 1. The number of amides is 6. The molecule has 0 saturated carbocycles. The van der Waals surface area contributed by atoms with E-state index in [0.29, 0.717) is 16.9 Å². The summed E-state index contributed by atoms with van der Waals surface area (Å²) in [6.45, 7) is 1.44. The number of alkyl halides is 1. The smallest absolute Gasteiger partial charge is 0.331 e. The van der Waals surface area contributed by atoms with Gasteiger partial charge in [0, 0.05) is 61.9 Å². The monoisotopic (exact) mass is 939 g/mol. The molecule has 1 aliphatic rings. The number of rotatable bonds is 20. The number of phenols is 1. The number of phenolic OH excluding ortho intramolecular Hbond substituents is 1. The molecule has 4 aromatic rings. The van der Waals surface area contributed by atoms with Crippen molar-refractivity contribution in [3.8, 4) is 5.75 Å². The number of thioether (sulfide) groups is 1. The maximum atomic E-state index is 14.2. The fourth-order valence-electron chi connectivity index (χ4n) is 7.06. The molecule has 3 heterocycles. The third-order valence-electron chi connectivity index (χ3n) is 10.6. The molecule has 1 saturated heterocycles. The first-order valence-corrected chi connectivity index (χ1v) is 22.1. The van der Waals surface area contributed by atoms with Crippen LogP contribution in [0.5, 0.6) is 5.75 Å². The number of urea groups is 1. The van der Waals surface area contributed by atoms with E-state index in [1.165, 1.54) is 37.9 Å². The second kappa shape index (κ2) is 22.7. The number of hydrogen-bond acceptors (Lipinski definition) is 12. The van der Waals surface area contributed by atoms with E-state index in [1.807, 2.05) is 12.1 Å². The second-order valence-corrected chi connectivity index (χ2v) is 16.4. The number of aliphatic hydroxyl groups excluding tert-OH is 1. The van der Waals surface area contributed by atoms with Gasteiger partial charge in [-0.2, -0.15) is 11.8 Å². The highest BCUT2D eigenvalue weighted by molar-refractivity contribution is 7.98. The van der Waals surface area contributed by atoms with Crippen molar-refractivity contribution >= 4 is 69.9 Å². The van der Waals surface area contributed by atoms with Crippen LogP contribution in [-0.4, -0.2) is 132 Å².